The molecule has 4 rings (SSSR count). The Morgan fingerprint density at radius 2 is 2.00 bits per heavy atom. The first kappa shape index (κ1) is 19.2. The fourth-order valence-electron chi connectivity index (χ4n) is 3.49. The number of anilines is 1. The lowest BCUT2D eigenvalue weighted by molar-refractivity contribution is -0.123. The number of amides is 3. The van der Waals surface area contributed by atoms with E-state index in [4.69, 9.17) is 4.74 Å². The number of fused-ring (bicyclic) bond motifs is 2. The van der Waals surface area contributed by atoms with Crippen molar-refractivity contribution in [3.63, 3.8) is 0 Å². The molecule has 2 aliphatic heterocycles. The lowest BCUT2D eigenvalue weighted by atomic mass is 9.98. The van der Waals surface area contributed by atoms with E-state index in [0.717, 1.165) is 23.1 Å². The highest BCUT2D eigenvalue weighted by molar-refractivity contribution is 5.95. The quantitative estimate of drug-likeness (QED) is 0.766. The molecule has 0 fully saturated rings. The SMILES string of the molecule is O=C(CN1Cc2c(ccc(F)c2F)NC1=O)N[C@H]1COCc2cc(F)cc(F)c21. The second-order valence-electron chi connectivity index (χ2n) is 6.77. The summed E-state index contributed by atoms with van der Waals surface area (Å²) in [6, 6.07) is 2.45. The van der Waals surface area contributed by atoms with Crippen LogP contribution in [0.5, 0.6) is 0 Å². The molecule has 0 unspecified atom stereocenters. The first-order valence-corrected chi connectivity index (χ1v) is 8.71. The normalized spacial score (nSPS) is 18.0. The van der Waals surface area contributed by atoms with E-state index in [9.17, 15) is 27.2 Å². The summed E-state index contributed by atoms with van der Waals surface area (Å²) < 4.78 is 60.3. The standard InChI is InChI=1S/C19H15F4N3O3/c20-10-3-9-7-29-8-15(17(9)13(22)4-10)24-16(27)6-26-5-11-14(25-19(26)28)2-1-12(21)18(11)23/h1-4,15H,5-8H2,(H,24,27)(H,25,28)/t15-/m0/s1. The van der Waals surface area contributed by atoms with Gasteiger partial charge in [-0.15, -0.1) is 0 Å². The van der Waals surface area contributed by atoms with Gasteiger partial charge in [-0.2, -0.15) is 0 Å². The lowest BCUT2D eigenvalue weighted by Crippen LogP contribution is -2.46. The number of halogens is 4. The van der Waals surface area contributed by atoms with Crippen LogP contribution >= 0.6 is 0 Å². The largest absolute Gasteiger partial charge is 0.374 e. The van der Waals surface area contributed by atoms with Crippen LogP contribution in [-0.4, -0.2) is 30.0 Å². The van der Waals surface area contributed by atoms with Gasteiger partial charge in [-0.3, -0.25) is 4.79 Å². The zero-order valence-electron chi connectivity index (χ0n) is 14.9. The van der Waals surface area contributed by atoms with Crippen molar-refractivity contribution >= 4 is 17.6 Å². The van der Waals surface area contributed by atoms with Gasteiger partial charge in [0.15, 0.2) is 11.6 Å². The molecule has 0 spiro atoms. The maximum atomic E-state index is 14.2. The molecule has 0 saturated carbocycles. The van der Waals surface area contributed by atoms with Crippen molar-refractivity contribution < 1.29 is 31.9 Å². The predicted octanol–water partition coefficient (Wildman–Crippen LogP) is 2.98. The van der Waals surface area contributed by atoms with Gasteiger partial charge in [0.2, 0.25) is 5.91 Å². The fourth-order valence-corrected chi connectivity index (χ4v) is 3.49. The van der Waals surface area contributed by atoms with Gasteiger partial charge in [-0.05, 0) is 23.8 Å². The first-order chi connectivity index (χ1) is 13.8. The molecule has 0 radical (unpaired) electrons. The molecule has 1 atom stereocenters. The molecule has 3 amide bonds. The van der Waals surface area contributed by atoms with Crippen LogP contribution in [0.25, 0.3) is 0 Å². The van der Waals surface area contributed by atoms with Crippen LogP contribution in [0.2, 0.25) is 0 Å². The van der Waals surface area contributed by atoms with Crippen LogP contribution < -0.4 is 10.6 Å². The Labute approximate surface area is 162 Å². The van der Waals surface area contributed by atoms with Crippen molar-refractivity contribution in [1.29, 1.82) is 0 Å². The third kappa shape index (κ3) is 3.63. The van der Waals surface area contributed by atoms with Crippen LogP contribution in [0.1, 0.15) is 22.7 Å². The number of benzene rings is 2. The number of urea groups is 1. The number of carbonyl (C=O) groups is 2. The minimum Gasteiger partial charge on any atom is -0.374 e. The Bertz CT molecular complexity index is 1010. The van der Waals surface area contributed by atoms with Crippen LogP contribution in [0.4, 0.5) is 28.0 Å². The zero-order chi connectivity index (χ0) is 20.7. The Balaban J connectivity index is 1.49. The topological polar surface area (TPSA) is 70.7 Å². The van der Waals surface area contributed by atoms with Crippen molar-refractivity contribution in [2.24, 2.45) is 0 Å². The second-order valence-corrected chi connectivity index (χ2v) is 6.77. The van der Waals surface area contributed by atoms with Crippen LogP contribution in [0, 0.1) is 23.3 Å². The maximum Gasteiger partial charge on any atom is 0.322 e. The van der Waals surface area contributed by atoms with Gasteiger partial charge in [0, 0.05) is 17.2 Å². The van der Waals surface area contributed by atoms with Gasteiger partial charge in [0.1, 0.15) is 18.2 Å². The first-order valence-electron chi connectivity index (χ1n) is 8.71. The molecule has 152 valence electrons. The number of nitrogens with one attached hydrogen (secondary N) is 2. The summed E-state index contributed by atoms with van der Waals surface area (Å²) in [6.45, 7) is -0.811. The van der Waals surface area contributed by atoms with Gasteiger partial charge in [0.25, 0.3) is 0 Å². The highest BCUT2D eigenvalue weighted by atomic mass is 19.2. The monoisotopic (exact) mass is 409 g/mol. The van der Waals surface area contributed by atoms with Crippen molar-refractivity contribution in [3.8, 4) is 0 Å². The molecule has 2 aromatic carbocycles. The molecule has 2 N–H and O–H groups in total. The Kier molecular flexibility index (Phi) is 4.87. The molecular formula is C19H15F4N3O3. The molecule has 2 heterocycles. The molecule has 2 aromatic rings. The molecular weight excluding hydrogens is 394 g/mol. The van der Waals surface area contributed by atoms with E-state index in [0.29, 0.717) is 0 Å². The Morgan fingerprint density at radius 3 is 2.79 bits per heavy atom. The molecule has 10 heteroatoms. The summed E-state index contributed by atoms with van der Waals surface area (Å²) in [5.74, 6) is -4.40. The average molecular weight is 409 g/mol. The van der Waals surface area contributed by atoms with Gasteiger partial charge >= 0.3 is 6.03 Å². The summed E-state index contributed by atoms with van der Waals surface area (Å²) in [4.78, 5) is 25.6. The maximum absolute atomic E-state index is 14.2. The van der Waals surface area contributed by atoms with Gasteiger partial charge in [-0.25, -0.2) is 22.4 Å². The molecule has 0 saturated heterocycles. The average Bonchev–Trinajstić information content (AvgIpc) is 2.65. The van der Waals surface area contributed by atoms with Crippen molar-refractivity contribution in [2.75, 3.05) is 18.5 Å². The molecule has 2 aliphatic rings. The lowest BCUT2D eigenvalue weighted by Gasteiger charge is -2.31. The van der Waals surface area contributed by atoms with Gasteiger partial charge in [0.05, 0.1) is 31.5 Å². The van der Waals surface area contributed by atoms with Crippen LogP contribution in [-0.2, 0) is 22.7 Å². The van der Waals surface area contributed by atoms with Crippen LogP contribution in [0.3, 0.4) is 0 Å². The zero-order valence-corrected chi connectivity index (χ0v) is 14.9. The third-order valence-electron chi connectivity index (χ3n) is 4.81. The summed E-state index contributed by atoms with van der Waals surface area (Å²) in [5, 5.41) is 4.93. The summed E-state index contributed by atoms with van der Waals surface area (Å²) in [7, 11) is 0. The van der Waals surface area contributed by atoms with Gasteiger partial charge < -0.3 is 20.3 Å². The molecule has 6 nitrogen and oxygen atoms in total. The third-order valence-corrected chi connectivity index (χ3v) is 4.81. The fraction of sp³-hybridized carbons (Fsp3) is 0.263. The van der Waals surface area contributed by atoms with E-state index in [1.54, 1.807) is 0 Å². The van der Waals surface area contributed by atoms with Crippen molar-refractivity contribution in [3.05, 3.63) is 64.2 Å². The Morgan fingerprint density at radius 1 is 1.21 bits per heavy atom. The van der Waals surface area contributed by atoms with E-state index in [1.165, 1.54) is 6.07 Å². The van der Waals surface area contributed by atoms with E-state index in [1.807, 2.05) is 0 Å². The van der Waals surface area contributed by atoms with Crippen molar-refractivity contribution in [1.82, 2.24) is 10.2 Å². The molecule has 0 bridgehead atoms. The smallest absolute Gasteiger partial charge is 0.322 e. The highest BCUT2D eigenvalue weighted by Gasteiger charge is 2.30. The van der Waals surface area contributed by atoms with E-state index >= 15 is 0 Å². The molecule has 0 aliphatic carbocycles. The van der Waals surface area contributed by atoms with Crippen LogP contribution in [0.15, 0.2) is 24.3 Å². The number of nitrogens with zero attached hydrogens (tertiary/aromatic N) is 1. The number of hydrogen-bond acceptors (Lipinski definition) is 3. The summed E-state index contributed by atoms with van der Waals surface area (Å²) in [6.07, 6.45) is 0. The summed E-state index contributed by atoms with van der Waals surface area (Å²) in [5.41, 5.74) is 0.448. The Hall–Kier alpha value is -3.14. The number of rotatable bonds is 3. The van der Waals surface area contributed by atoms with E-state index in [2.05, 4.69) is 10.6 Å². The highest BCUT2D eigenvalue weighted by Crippen LogP contribution is 2.29. The van der Waals surface area contributed by atoms with Crippen molar-refractivity contribution in [2.45, 2.75) is 19.2 Å². The number of carbonyl (C=O) groups excluding carboxylic acids is 2. The van der Waals surface area contributed by atoms with Gasteiger partial charge in [-0.1, -0.05) is 0 Å². The second kappa shape index (κ2) is 7.36. The van der Waals surface area contributed by atoms with E-state index < -0.39 is 47.8 Å². The summed E-state index contributed by atoms with van der Waals surface area (Å²) >= 11 is 0. The predicted molar refractivity (Wildman–Crippen MR) is 92.7 cm³/mol. The minimum atomic E-state index is -1.10. The minimum absolute atomic E-state index is 0.00649. The number of hydrogen-bond donors (Lipinski definition) is 2. The van der Waals surface area contributed by atoms with E-state index in [-0.39, 0.29) is 42.1 Å². The number of ether oxygens (including phenoxy) is 1. The molecule has 29 heavy (non-hydrogen) atoms. The molecule has 0 aromatic heterocycles.